The lowest BCUT2D eigenvalue weighted by atomic mass is 10.8. The minimum absolute atomic E-state index is 0. The lowest BCUT2D eigenvalue weighted by Crippen LogP contribution is -0.937. The van der Waals surface area contributed by atoms with E-state index >= 15 is 0 Å². The first-order chi connectivity index (χ1) is 1.00. The fourth-order valence-corrected chi connectivity index (χ4v) is 0. The quantitative estimate of drug-likeness (QED) is 0.356. The van der Waals surface area contributed by atoms with Crippen molar-refractivity contribution in [3.8, 4) is 0 Å². The molecule has 3 N–H and O–H groups in total. The Morgan fingerprint density at radius 3 is 1.00 bits per heavy atom. The summed E-state index contributed by atoms with van der Waals surface area (Å²) in [4.78, 5) is 0. The zero-order valence-corrected chi connectivity index (χ0v) is 3.02. The van der Waals surface area contributed by atoms with Crippen LogP contribution in [0.3, 0.4) is 0 Å². The third-order valence-corrected chi connectivity index (χ3v) is 0. The molecule has 0 rings (SSSR count). The maximum atomic E-state index is 4.42. The molecule has 34 valence electrons. The number of hydrogen-bond donors (Lipinski definition) is 1. The summed E-state index contributed by atoms with van der Waals surface area (Å²) in [5.74, 6) is 0. The van der Waals surface area contributed by atoms with Gasteiger partial charge in [0.1, 0.15) is 0 Å². The van der Waals surface area contributed by atoms with Crippen LogP contribution < -0.4 is 6.15 Å². The van der Waals surface area contributed by atoms with Gasteiger partial charge in [0.15, 0.2) is 0 Å². The van der Waals surface area contributed by atoms with Crippen LogP contribution in [0.1, 0.15) is 14.9 Å². The molecule has 2 radical (unpaired) electrons. The van der Waals surface area contributed by atoms with Gasteiger partial charge in [-0.05, 0) is 0 Å². The van der Waals surface area contributed by atoms with Gasteiger partial charge in [0.25, 0.3) is 0 Å². The molecule has 0 spiro atoms. The minimum Gasteiger partial charge on any atom is -0.344 e. The van der Waals surface area contributed by atoms with E-state index in [4.69, 9.17) is 0 Å². The van der Waals surface area contributed by atoms with Gasteiger partial charge in [-0.2, -0.15) is 9.12 Å². The van der Waals surface area contributed by atoms with Crippen LogP contribution >= 0.6 is 9.12 Å². The maximum absolute atomic E-state index is 4.42. The monoisotopic (exact) mass is 93.1 g/mol. The summed E-state index contributed by atoms with van der Waals surface area (Å²) in [5.41, 5.74) is 0. The molecular weight excluding hydrogens is 79.8 g/mol. The molecule has 1 atom stereocenters. The van der Waals surface area contributed by atoms with Gasteiger partial charge in [0, 0.05) is 0 Å². The van der Waals surface area contributed by atoms with E-state index < -0.39 is 0 Å². The lowest BCUT2D eigenvalue weighted by Gasteiger charge is -1.05. The van der Waals surface area contributed by atoms with Crippen LogP contribution in [0.25, 0.3) is 0 Å². The van der Waals surface area contributed by atoms with Crippen LogP contribution in [0.4, 0.5) is 0 Å². The molecule has 0 fully saturated rings. The van der Waals surface area contributed by atoms with E-state index in [0.29, 0.717) is 0 Å². The number of hydrogen-bond acceptors (Lipinski definition) is 1. The van der Waals surface area contributed by atoms with Gasteiger partial charge < -0.3 is 6.15 Å². The molecule has 0 saturated carbocycles. The van der Waals surface area contributed by atoms with E-state index in [0.717, 1.165) is 0 Å². The summed E-state index contributed by atoms with van der Waals surface area (Å²) in [5, 5.41) is 0. The molecule has 3 heteroatoms. The summed E-state index contributed by atoms with van der Waals surface area (Å²) in [7, 11) is 6.33. The average Bonchev–Trinajstić information content (AvgIpc) is 1.00. The van der Waals surface area contributed by atoms with Crippen LogP contribution in [0.15, 0.2) is 0 Å². The molecule has 5 heavy (non-hydrogen) atoms. The van der Waals surface area contributed by atoms with Gasteiger partial charge in [-0.3, -0.25) is 0 Å². The van der Waals surface area contributed by atoms with Crippen LogP contribution in [0, 0.1) is 0 Å². The van der Waals surface area contributed by atoms with Crippen molar-refractivity contribution in [1.82, 2.24) is 6.15 Å². The van der Waals surface area contributed by atoms with E-state index in [1.54, 1.807) is 0 Å². The van der Waals surface area contributed by atoms with Crippen molar-refractivity contribution < 1.29 is 0 Å². The Balaban J connectivity index is -0.00000000167. The predicted molar refractivity (Wildman–Crippen MR) is 33.9 cm³/mol. The Morgan fingerprint density at radius 1 is 1.00 bits per heavy atom. The van der Waals surface area contributed by atoms with Crippen molar-refractivity contribution in [2.24, 2.45) is 0 Å². The topological polar surface area (TPSA) is 35.0 Å². The molecule has 0 amide bonds. The van der Waals surface area contributed by atoms with Crippen molar-refractivity contribution in [3.63, 3.8) is 0 Å². The normalized spacial score (nSPS) is 1.00. The summed E-state index contributed by atoms with van der Waals surface area (Å²) >= 11 is 0. The second kappa shape index (κ2) is 257. The third kappa shape index (κ3) is 130. The molecular formula is C2H13BNP. The summed E-state index contributed by atoms with van der Waals surface area (Å²) in [6.45, 7) is 0. The van der Waals surface area contributed by atoms with Crippen molar-refractivity contribution >= 4 is 16.7 Å². The predicted octanol–water partition coefficient (Wildman–Crippen LogP) is 1.38. The highest BCUT2D eigenvalue weighted by atomic mass is 31.0. The molecule has 0 saturated heterocycles. The van der Waals surface area contributed by atoms with E-state index in [9.17, 15) is 0 Å². The van der Waals surface area contributed by atoms with Gasteiger partial charge in [-0.15, -0.1) is 0 Å². The summed E-state index contributed by atoms with van der Waals surface area (Å²) in [6, 6.07) is 0. The largest absolute Gasteiger partial charge is 0.344 e. The van der Waals surface area contributed by atoms with Gasteiger partial charge in [-0.1, -0.05) is 14.9 Å². The van der Waals surface area contributed by atoms with Crippen LogP contribution in [0.5, 0.6) is 0 Å². The van der Waals surface area contributed by atoms with Gasteiger partial charge in [-0.25, -0.2) is 0 Å². The molecule has 0 heterocycles. The minimum atomic E-state index is 0. The van der Waals surface area contributed by atoms with Crippen molar-refractivity contribution in [1.29, 1.82) is 0 Å². The zero-order valence-electron chi connectivity index (χ0n) is 1.86. The molecule has 0 aromatic carbocycles. The van der Waals surface area contributed by atoms with Crippen LogP contribution in [-0.4, -0.2) is 7.57 Å². The van der Waals surface area contributed by atoms with E-state index in [1.807, 2.05) is 9.12 Å². The Bertz CT molecular complexity index is 9.61. The molecule has 0 aromatic rings. The Kier molecular flexibility index (Phi) is 2630. The van der Waals surface area contributed by atoms with Crippen LogP contribution in [0.2, 0.25) is 0 Å². The smallest absolute Gasteiger partial charge is 0.0996 e. The summed E-state index contributed by atoms with van der Waals surface area (Å²) in [6.07, 6.45) is 0. The molecule has 1 nitrogen and oxygen atoms in total. The first kappa shape index (κ1) is 51.1. The highest BCUT2D eigenvalue weighted by Gasteiger charge is 0.966. The van der Waals surface area contributed by atoms with Gasteiger partial charge >= 0.3 is 0 Å². The first-order valence-electron chi connectivity index (χ1n) is 0.333. The SMILES string of the molecule is C.C.N.[B]P. The van der Waals surface area contributed by atoms with Crippen molar-refractivity contribution in [2.45, 2.75) is 14.9 Å². The average molecular weight is 92.9 g/mol. The molecule has 0 bridgehead atoms. The third-order valence-electron chi connectivity index (χ3n) is 0. The standard InChI is InChI=1S/2CH4.BH2P.H3N/c;;1-2;/h2*1H4;2H2;1H3. The molecule has 0 aliphatic heterocycles. The Morgan fingerprint density at radius 2 is 1.00 bits per heavy atom. The van der Waals surface area contributed by atoms with Crippen LogP contribution in [-0.2, 0) is 0 Å². The van der Waals surface area contributed by atoms with Crippen molar-refractivity contribution in [3.05, 3.63) is 0 Å². The van der Waals surface area contributed by atoms with E-state index in [2.05, 4.69) is 7.57 Å². The number of rotatable bonds is 0. The highest BCUT2D eigenvalue weighted by molar-refractivity contribution is 7.49. The fourth-order valence-electron chi connectivity index (χ4n) is 0. The Labute approximate surface area is 38.7 Å². The lowest BCUT2D eigenvalue weighted by molar-refractivity contribution is 2.13. The molecule has 0 aromatic heterocycles. The van der Waals surface area contributed by atoms with E-state index in [1.165, 1.54) is 0 Å². The Hall–Kier alpha value is 0.455. The fraction of sp³-hybridized carbons (Fsp3) is 1.00. The van der Waals surface area contributed by atoms with Gasteiger partial charge in [0.05, 0.1) is 7.57 Å². The molecule has 0 aliphatic rings. The molecule has 0 aliphatic carbocycles. The highest BCUT2D eigenvalue weighted by Crippen LogP contribution is 1.42. The first-order valence-corrected chi connectivity index (χ1v) is 1.00. The second-order valence-corrected chi connectivity index (χ2v) is 0. The molecule has 1 unspecified atom stereocenters. The maximum Gasteiger partial charge on any atom is 0.0996 e. The summed E-state index contributed by atoms with van der Waals surface area (Å²) < 4.78 is 0. The van der Waals surface area contributed by atoms with Crippen molar-refractivity contribution in [2.75, 3.05) is 0 Å². The van der Waals surface area contributed by atoms with E-state index in [-0.39, 0.29) is 21.0 Å². The van der Waals surface area contributed by atoms with Gasteiger partial charge in [0.2, 0.25) is 0 Å². The second-order valence-electron chi connectivity index (χ2n) is 0. The zero-order chi connectivity index (χ0) is 2.00.